The number of aryl methyl sites for hydroxylation is 2. The molecular formula is C18H23ClN2O. The van der Waals surface area contributed by atoms with Gasteiger partial charge in [-0.05, 0) is 48.4 Å². The fourth-order valence-corrected chi connectivity index (χ4v) is 2.64. The third-order valence-corrected chi connectivity index (χ3v) is 4.11. The number of alkyl halides is 1. The molecule has 0 amide bonds. The minimum atomic E-state index is 0.548. The Bertz CT molecular complexity index is 611. The van der Waals surface area contributed by atoms with Crippen LogP contribution in [-0.4, -0.2) is 18.7 Å². The van der Waals surface area contributed by atoms with Crippen molar-refractivity contribution in [2.24, 2.45) is 0 Å². The Morgan fingerprint density at radius 3 is 2.45 bits per heavy atom. The lowest BCUT2D eigenvalue weighted by molar-refractivity contribution is 0.195. The highest BCUT2D eigenvalue weighted by molar-refractivity contribution is 6.17. The maximum atomic E-state index is 6.04. The first kappa shape index (κ1) is 16.8. The molecule has 0 aliphatic heterocycles. The lowest BCUT2D eigenvalue weighted by Gasteiger charge is -2.11. The van der Waals surface area contributed by atoms with Crippen molar-refractivity contribution in [3.63, 3.8) is 0 Å². The zero-order chi connectivity index (χ0) is 15.9. The molecule has 0 saturated carbocycles. The minimum Gasteiger partial charge on any atom is -0.385 e. The van der Waals surface area contributed by atoms with Gasteiger partial charge in [0.05, 0.1) is 0 Å². The molecular weight excluding hydrogens is 296 g/mol. The normalized spacial score (nSPS) is 10.9. The maximum Gasteiger partial charge on any atom is 0.126 e. The first-order valence-electron chi connectivity index (χ1n) is 7.51. The Morgan fingerprint density at radius 1 is 1.14 bits per heavy atom. The molecule has 1 heterocycles. The first-order valence-corrected chi connectivity index (χ1v) is 8.05. The predicted molar refractivity (Wildman–Crippen MR) is 92.4 cm³/mol. The zero-order valence-electron chi connectivity index (χ0n) is 13.2. The van der Waals surface area contributed by atoms with E-state index in [0.29, 0.717) is 11.7 Å². The van der Waals surface area contributed by atoms with Crippen LogP contribution in [0.4, 0.5) is 5.82 Å². The van der Waals surface area contributed by atoms with Gasteiger partial charge < -0.3 is 10.5 Å². The van der Waals surface area contributed by atoms with E-state index in [1.807, 2.05) is 6.92 Å². The van der Waals surface area contributed by atoms with Gasteiger partial charge in [-0.15, -0.1) is 11.6 Å². The van der Waals surface area contributed by atoms with Crippen molar-refractivity contribution in [1.82, 2.24) is 4.98 Å². The van der Waals surface area contributed by atoms with Crippen LogP contribution in [0.3, 0.4) is 0 Å². The first-order chi connectivity index (χ1) is 10.6. The van der Waals surface area contributed by atoms with Crippen LogP contribution in [0.15, 0.2) is 30.3 Å². The molecule has 1 aromatic heterocycles. The average molecular weight is 319 g/mol. The summed E-state index contributed by atoms with van der Waals surface area (Å²) < 4.78 is 5.10. The van der Waals surface area contributed by atoms with Crippen molar-refractivity contribution in [2.45, 2.75) is 32.1 Å². The molecule has 0 saturated heterocycles. The summed E-state index contributed by atoms with van der Waals surface area (Å²) in [7, 11) is 1.71. The third kappa shape index (κ3) is 4.46. The standard InChI is InChI=1S/C18H23ClN2O/c1-13-17(10-14-5-7-15(12-19)8-6-14)11-16(18(20)21-13)4-3-9-22-2/h5-8,11H,3-4,9-10,12H2,1-2H3,(H2,20,21). The van der Waals surface area contributed by atoms with Crippen LogP contribution in [-0.2, 0) is 23.5 Å². The largest absolute Gasteiger partial charge is 0.385 e. The Morgan fingerprint density at radius 2 is 1.82 bits per heavy atom. The molecule has 0 atom stereocenters. The number of pyridine rings is 1. The monoisotopic (exact) mass is 318 g/mol. The van der Waals surface area contributed by atoms with Gasteiger partial charge in [0.25, 0.3) is 0 Å². The van der Waals surface area contributed by atoms with Crippen LogP contribution in [0.1, 0.15) is 34.4 Å². The van der Waals surface area contributed by atoms with Crippen LogP contribution in [0.25, 0.3) is 0 Å². The van der Waals surface area contributed by atoms with Gasteiger partial charge in [-0.25, -0.2) is 4.98 Å². The number of benzene rings is 1. The van der Waals surface area contributed by atoms with Gasteiger partial charge in [0, 0.05) is 25.3 Å². The van der Waals surface area contributed by atoms with Crippen LogP contribution in [0.5, 0.6) is 0 Å². The Labute approximate surface area is 137 Å². The number of aromatic nitrogens is 1. The number of nitrogens with two attached hydrogens (primary N) is 1. The van der Waals surface area contributed by atoms with Gasteiger partial charge in [-0.2, -0.15) is 0 Å². The molecule has 0 spiro atoms. The van der Waals surface area contributed by atoms with Gasteiger partial charge >= 0.3 is 0 Å². The van der Waals surface area contributed by atoms with E-state index >= 15 is 0 Å². The lowest BCUT2D eigenvalue weighted by atomic mass is 9.99. The molecule has 2 N–H and O–H groups in total. The van der Waals surface area contributed by atoms with Crippen LogP contribution < -0.4 is 5.73 Å². The van der Waals surface area contributed by atoms with Crippen LogP contribution >= 0.6 is 11.6 Å². The summed E-state index contributed by atoms with van der Waals surface area (Å²) in [5.74, 6) is 1.18. The molecule has 1 aromatic carbocycles. The van der Waals surface area contributed by atoms with Crippen molar-refractivity contribution >= 4 is 17.4 Å². The highest BCUT2D eigenvalue weighted by Crippen LogP contribution is 2.20. The Balaban J connectivity index is 2.16. The molecule has 4 heteroatoms. The summed E-state index contributed by atoms with van der Waals surface area (Å²) >= 11 is 5.83. The summed E-state index contributed by atoms with van der Waals surface area (Å²) in [6, 6.07) is 10.6. The molecule has 118 valence electrons. The van der Waals surface area contributed by atoms with Gasteiger partial charge in [0.2, 0.25) is 0 Å². The number of anilines is 1. The summed E-state index contributed by atoms with van der Waals surface area (Å²) in [4.78, 5) is 4.50. The van der Waals surface area contributed by atoms with Crippen molar-refractivity contribution < 1.29 is 4.74 Å². The third-order valence-electron chi connectivity index (χ3n) is 3.80. The number of ether oxygens (including phenoxy) is 1. The number of hydrogen-bond acceptors (Lipinski definition) is 3. The summed E-state index contributed by atoms with van der Waals surface area (Å²) in [5.41, 5.74) is 11.8. The molecule has 0 aliphatic carbocycles. The van der Waals surface area contributed by atoms with E-state index in [0.717, 1.165) is 42.7 Å². The fraction of sp³-hybridized carbons (Fsp3) is 0.389. The van der Waals surface area contributed by atoms with E-state index in [1.54, 1.807) is 7.11 Å². The van der Waals surface area contributed by atoms with Gasteiger partial charge in [0.1, 0.15) is 5.82 Å². The number of nitrogens with zero attached hydrogens (tertiary/aromatic N) is 1. The average Bonchev–Trinajstić information content (AvgIpc) is 2.52. The Kier molecular flexibility index (Phi) is 6.22. The van der Waals surface area contributed by atoms with Crippen molar-refractivity contribution in [3.8, 4) is 0 Å². The van der Waals surface area contributed by atoms with E-state index in [4.69, 9.17) is 22.1 Å². The van der Waals surface area contributed by atoms with E-state index in [1.165, 1.54) is 11.1 Å². The summed E-state index contributed by atoms with van der Waals surface area (Å²) in [5, 5.41) is 0. The number of halogens is 1. The van der Waals surface area contributed by atoms with E-state index < -0.39 is 0 Å². The predicted octanol–water partition coefficient (Wildman–Crippen LogP) is 3.88. The SMILES string of the molecule is COCCCc1cc(Cc2ccc(CCl)cc2)c(C)nc1N. The van der Waals surface area contributed by atoms with E-state index in [9.17, 15) is 0 Å². The highest BCUT2D eigenvalue weighted by atomic mass is 35.5. The number of methoxy groups -OCH3 is 1. The Hall–Kier alpha value is -1.58. The molecule has 0 radical (unpaired) electrons. The highest BCUT2D eigenvalue weighted by Gasteiger charge is 2.08. The molecule has 0 unspecified atom stereocenters. The van der Waals surface area contributed by atoms with Crippen molar-refractivity contribution in [3.05, 3.63) is 58.3 Å². The quantitative estimate of drug-likeness (QED) is 0.622. The molecule has 22 heavy (non-hydrogen) atoms. The van der Waals surface area contributed by atoms with E-state index in [2.05, 4.69) is 35.3 Å². The van der Waals surface area contributed by atoms with Crippen molar-refractivity contribution in [1.29, 1.82) is 0 Å². The van der Waals surface area contributed by atoms with Crippen LogP contribution in [0.2, 0.25) is 0 Å². The number of hydrogen-bond donors (Lipinski definition) is 1. The molecule has 0 bridgehead atoms. The number of nitrogen functional groups attached to an aromatic ring is 1. The van der Waals surface area contributed by atoms with Crippen molar-refractivity contribution in [2.75, 3.05) is 19.5 Å². The maximum absolute atomic E-state index is 6.04. The molecule has 0 fully saturated rings. The smallest absolute Gasteiger partial charge is 0.126 e. The van der Waals surface area contributed by atoms with Gasteiger partial charge in [-0.1, -0.05) is 30.3 Å². The van der Waals surface area contributed by atoms with Gasteiger partial charge in [0.15, 0.2) is 0 Å². The second-order valence-electron chi connectivity index (χ2n) is 5.50. The molecule has 2 aromatic rings. The molecule has 0 aliphatic rings. The van der Waals surface area contributed by atoms with Gasteiger partial charge in [-0.3, -0.25) is 0 Å². The second-order valence-corrected chi connectivity index (χ2v) is 5.77. The second kappa shape index (κ2) is 8.16. The summed E-state index contributed by atoms with van der Waals surface area (Å²) in [6.45, 7) is 2.75. The minimum absolute atomic E-state index is 0.548. The van der Waals surface area contributed by atoms with E-state index in [-0.39, 0.29) is 0 Å². The summed E-state index contributed by atoms with van der Waals surface area (Å²) in [6.07, 6.45) is 2.71. The molecule has 2 rings (SSSR count). The fourth-order valence-electron chi connectivity index (χ4n) is 2.47. The zero-order valence-corrected chi connectivity index (χ0v) is 14.0. The number of rotatable bonds is 7. The van der Waals surface area contributed by atoms with Crippen LogP contribution in [0, 0.1) is 6.92 Å². The lowest BCUT2D eigenvalue weighted by Crippen LogP contribution is -2.05. The molecule has 3 nitrogen and oxygen atoms in total. The topological polar surface area (TPSA) is 48.1 Å².